The van der Waals surface area contributed by atoms with E-state index in [0.29, 0.717) is 47.4 Å². The first kappa shape index (κ1) is 32.9. The number of nitrogens with one attached hydrogen (secondary N) is 1. The lowest BCUT2D eigenvalue weighted by molar-refractivity contribution is -0.143. The number of nitrogens with two attached hydrogens (primary N) is 1. The van der Waals surface area contributed by atoms with Gasteiger partial charge in [-0.25, -0.2) is 4.39 Å². The van der Waals surface area contributed by atoms with Crippen LogP contribution in [0.1, 0.15) is 67.6 Å². The average molecular weight is 625 g/mol. The first-order valence-electron chi connectivity index (χ1n) is 13.6. The fourth-order valence-electron chi connectivity index (χ4n) is 5.41. The molecule has 0 saturated carbocycles. The Balaban J connectivity index is 1.82. The molecule has 2 unspecified atom stereocenters. The van der Waals surface area contributed by atoms with Gasteiger partial charge >= 0.3 is 12.4 Å². The van der Waals surface area contributed by atoms with Crippen LogP contribution in [0.5, 0.6) is 0 Å². The van der Waals surface area contributed by atoms with Crippen molar-refractivity contribution in [2.75, 3.05) is 11.9 Å². The number of alkyl halides is 6. The van der Waals surface area contributed by atoms with E-state index < -0.39 is 63.7 Å². The lowest BCUT2D eigenvalue weighted by atomic mass is 9.81. The molecule has 2 amide bonds. The van der Waals surface area contributed by atoms with Crippen molar-refractivity contribution in [1.82, 2.24) is 10.3 Å². The molecule has 13 heteroatoms. The molecule has 0 spiro atoms. The van der Waals surface area contributed by atoms with Crippen molar-refractivity contribution in [1.29, 1.82) is 0 Å². The fourth-order valence-corrected chi connectivity index (χ4v) is 5.41. The summed E-state index contributed by atoms with van der Waals surface area (Å²) >= 11 is 0. The quantitative estimate of drug-likeness (QED) is 0.294. The number of halogens is 7. The van der Waals surface area contributed by atoms with Gasteiger partial charge in [0, 0.05) is 12.6 Å². The summed E-state index contributed by atoms with van der Waals surface area (Å²) in [5.41, 5.74) is 1.25. The molecule has 2 atom stereocenters. The molecule has 3 aromatic rings. The number of aryl methyl sites for hydroxylation is 1. The van der Waals surface area contributed by atoms with Gasteiger partial charge in [0.15, 0.2) is 0 Å². The van der Waals surface area contributed by atoms with Gasteiger partial charge in [-0.15, -0.1) is 0 Å². The number of carbonyl (C=O) groups is 2. The Kier molecular flexibility index (Phi) is 8.35. The van der Waals surface area contributed by atoms with Crippen LogP contribution in [0.2, 0.25) is 0 Å². The SMILES string of the molecule is Cc1cc(F)ccc1-c1cc(C2CCC(C)(C(N)=O)N2)ncc1N(C)C(=O)C(C)(C)c1cc(C(F)(F)F)cc(C(F)(F)F)c1. The highest BCUT2D eigenvalue weighted by molar-refractivity contribution is 6.03. The predicted molar refractivity (Wildman–Crippen MR) is 150 cm³/mol. The molecule has 1 fully saturated rings. The van der Waals surface area contributed by atoms with E-state index in [1.165, 1.54) is 45.3 Å². The van der Waals surface area contributed by atoms with Crippen LogP contribution in [-0.2, 0) is 27.4 Å². The average Bonchev–Trinajstić information content (AvgIpc) is 3.34. The molecule has 0 radical (unpaired) electrons. The van der Waals surface area contributed by atoms with Gasteiger partial charge in [0.2, 0.25) is 11.8 Å². The number of nitrogens with zero attached hydrogens (tertiary/aromatic N) is 2. The maximum atomic E-state index is 14.0. The van der Waals surface area contributed by atoms with Crippen LogP contribution in [0.4, 0.5) is 36.4 Å². The molecule has 6 nitrogen and oxygen atoms in total. The largest absolute Gasteiger partial charge is 0.416 e. The van der Waals surface area contributed by atoms with Gasteiger partial charge in [0.05, 0.1) is 45.7 Å². The van der Waals surface area contributed by atoms with Crippen molar-refractivity contribution in [2.45, 2.75) is 69.9 Å². The van der Waals surface area contributed by atoms with E-state index in [-0.39, 0.29) is 11.8 Å². The van der Waals surface area contributed by atoms with Crippen molar-refractivity contribution < 1.29 is 40.3 Å². The van der Waals surface area contributed by atoms with Gasteiger partial charge in [0.1, 0.15) is 5.82 Å². The van der Waals surface area contributed by atoms with Crippen molar-refractivity contribution in [3.05, 3.63) is 82.4 Å². The fraction of sp³-hybridized carbons (Fsp3) is 0.387. The molecule has 44 heavy (non-hydrogen) atoms. The third-order valence-corrected chi connectivity index (χ3v) is 8.22. The Labute approximate surface area is 249 Å². The van der Waals surface area contributed by atoms with E-state index in [9.17, 15) is 40.3 Å². The van der Waals surface area contributed by atoms with Crippen LogP contribution in [0, 0.1) is 12.7 Å². The van der Waals surface area contributed by atoms with E-state index in [1.54, 1.807) is 19.9 Å². The Morgan fingerprint density at radius 3 is 2.02 bits per heavy atom. The summed E-state index contributed by atoms with van der Waals surface area (Å²) < 4.78 is 95.5. The van der Waals surface area contributed by atoms with Crippen molar-refractivity contribution in [3.63, 3.8) is 0 Å². The Morgan fingerprint density at radius 2 is 1.52 bits per heavy atom. The lowest BCUT2D eigenvalue weighted by Crippen LogP contribution is -2.49. The van der Waals surface area contributed by atoms with E-state index in [4.69, 9.17) is 5.73 Å². The Morgan fingerprint density at radius 1 is 0.955 bits per heavy atom. The summed E-state index contributed by atoms with van der Waals surface area (Å²) in [5.74, 6) is -1.87. The second kappa shape index (κ2) is 11.2. The number of carbonyl (C=O) groups excluding carboxylic acids is 2. The van der Waals surface area contributed by atoms with Gasteiger partial charge in [0.25, 0.3) is 0 Å². The number of amides is 2. The van der Waals surface area contributed by atoms with Crippen LogP contribution in [-0.4, -0.2) is 29.4 Å². The smallest absolute Gasteiger partial charge is 0.368 e. The first-order chi connectivity index (χ1) is 20.1. The monoisotopic (exact) mass is 624 g/mol. The van der Waals surface area contributed by atoms with Crippen LogP contribution in [0.25, 0.3) is 11.1 Å². The van der Waals surface area contributed by atoms with Crippen LogP contribution >= 0.6 is 0 Å². The number of primary amides is 1. The maximum absolute atomic E-state index is 14.0. The molecule has 2 heterocycles. The molecule has 3 N–H and O–H groups in total. The second-order valence-corrected chi connectivity index (χ2v) is 11.8. The van der Waals surface area contributed by atoms with Gasteiger partial charge in [-0.2, -0.15) is 26.3 Å². The second-order valence-electron chi connectivity index (χ2n) is 11.8. The van der Waals surface area contributed by atoms with Crippen LogP contribution in [0.15, 0.2) is 48.7 Å². The van der Waals surface area contributed by atoms with Crippen LogP contribution in [0.3, 0.4) is 0 Å². The molecular weight excluding hydrogens is 593 g/mol. The minimum Gasteiger partial charge on any atom is -0.368 e. The Bertz CT molecular complexity index is 1590. The summed E-state index contributed by atoms with van der Waals surface area (Å²) in [5, 5.41) is 3.18. The van der Waals surface area contributed by atoms with E-state index in [2.05, 4.69) is 10.3 Å². The highest BCUT2D eigenvalue weighted by atomic mass is 19.4. The number of hydrogen-bond acceptors (Lipinski definition) is 4. The number of pyridine rings is 1. The number of likely N-dealkylation sites (N-methyl/N-ethyl adjacent to an activating group) is 1. The topological polar surface area (TPSA) is 88.3 Å². The minimum absolute atomic E-state index is 0.00606. The molecule has 1 aromatic heterocycles. The summed E-state index contributed by atoms with van der Waals surface area (Å²) in [6.07, 6.45) is -7.88. The van der Waals surface area contributed by atoms with Gasteiger partial charge in [-0.1, -0.05) is 6.07 Å². The molecule has 4 rings (SSSR count). The molecule has 0 bridgehead atoms. The highest BCUT2D eigenvalue weighted by Gasteiger charge is 2.42. The summed E-state index contributed by atoms with van der Waals surface area (Å²) in [6.45, 7) is 5.78. The van der Waals surface area contributed by atoms with E-state index in [0.717, 1.165) is 4.90 Å². The summed E-state index contributed by atoms with van der Waals surface area (Å²) in [7, 11) is 1.33. The number of aromatic nitrogens is 1. The molecule has 1 saturated heterocycles. The van der Waals surface area contributed by atoms with Crippen molar-refractivity contribution in [2.24, 2.45) is 5.73 Å². The first-order valence-corrected chi connectivity index (χ1v) is 13.6. The van der Waals surface area contributed by atoms with Gasteiger partial charge in [-0.05, 0) is 93.6 Å². The normalized spacial score (nSPS) is 19.2. The van der Waals surface area contributed by atoms with Crippen molar-refractivity contribution >= 4 is 17.5 Å². The van der Waals surface area contributed by atoms with Crippen molar-refractivity contribution in [3.8, 4) is 11.1 Å². The molecular formula is C31H31F7N4O2. The number of rotatable bonds is 6. The van der Waals surface area contributed by atoms with E-state index in [1.807, 2.05) is 0 Å². The zero-order chi connectivity index (χ0) is 33.0. The van der Waals surface area contributed by atoms with Gasteiger partial charge in [-0.3, -0.25) is 19.9 Å². The molecule has 236 valence electrons. The van der Waals surface area contributed by atoms with E-state index >= 15 is 0 Å². The lowest BCUT2D eigenvalue weighted by Gasteiger charge is -2.32. The van der Waals surface area contributed by atoms with Crippen LogP contribution < -0.4 is 16.0 Å². The third-order valence-electron chi connectivity index (χ3n) is 8.22. The standard InChI is InChI=1S/C31H31F7N4O2/c1-16-10-20(32)6-7-21(16)22-14-24(23-8-9-29(4,41-23)26(39)43)40-15-25(22)42(5)27(44)28(2,3)17-11-18(30(33,34)35)13-19(12-17)31(36,37)38/h6-7,10-15,23,41H,8-9H2,1-5H3,(H2,39,43). The highest BCUT2D eigenvalue weighted by Crippen LogP contribution is 2.42. The molecule has 1 aliphatic heterocycles. The molecule has 1 aliphatic rings. The van der Waals surface area contributed by atoms with Gasteiger partial charge < -0.3 is 10.6 Å². The zero-order valence-corrected chi connectivity index (χ0v) is 24.5. The molecule has 2 aromatic carbocycles. The Hall–Kier alpha value is -4.00. The minimum atomic E-state index is -5.09. The number of anilines is 1. The maximum Gasteiger partial charge on any atom is 0.416 e. The number of benzene rings is 2. The molecule has 0 aliphatic carbocycles. The zero-order valence-electron chi connectivity index (χ0n) is 24.5. The predicted octanol–water partition coefficient (Wildman–Crippen LogP) is 6.84. The third kappa shape index (κ3) is 6.28. The summed E-state index contributed by atoms with van der Waals surface area (Å²) in [6, 6.07) is 6.33. The summed E-state index contributed by atoms with van der Waals surface area (Å²) in [4.78, 5) is 31.5. The number of hydrogen-bond donors (Lipinski definition) is 2.